The van der Waals surface area contributed by atoms with Crippen molar-refractivity contribution in [3.05, 3.63) is 35.7 Å². The highest BCUT2D eigenvalue weighted by atomic mass is 19.1. The molecule has 0 aliphatic carbocycles. The van der Waals surface area contributed by atoms with Crippen LogP contribution in [0.4, 0.5) is 10.1 Å². The smallest absolute Gasteiger partial charge is 0.328 e. The molecule has 0 saturated heterocycles. The number of hydrogen-bond donors (Lipinski definition) is 1. The first kappa shape index (κ1) is 17.2. The second-order valence-electron chi connectivity index (χ2n) is 5.13. The number of hydrogen-bond acceptors (Lipinski definition) is 3. The van der Waals surface area contributed by atoms with Crippen LogP contribution < -0.4 is 4.90 Å². The molecule has 0 unspecified atom stereocenters. The van der Waals surface area contributed by atoms with Gasteiger partial charge in [-0.15, -0.1) is 0 Å². The zero-order valence-electron chi connectivity index (χ0n) is 12.8. The highest BCUT2D eigenvalue weighted by Gasteiger charge is 2.13. The van der Waals surface area contributed by atoms with E-state index in [4.69, 9.17) is 5.11 Å². The van der Waals surface area contributed by atoms with Gasteiger partial charge in [0.1, 0.15) is 5.82 Å². The van der Waals surface area contributed by atoms with Gasteiger partial charge in [0.05, 0.1) is 0 Å². The summed E-state index contributed by atoms with van der Waals surface area (Å²) in [6.07, 6.45) is 3.23. The van der Waals surface area contributed by atoms with Gasteiger partial charge < -0.3 is 14.9 Å². The van der Waals surface area contributed by atoms with Crippen LogP contribution >= 0.6 is 0 Å². The lowest BCUT2D eigenvalue weighted by molar-refractivity contribution is -0.131. The van der Waals surface area contributed by atoms with Crippen LogP contribution in [-0.2, 0) is 4.79 Å². The minimum Gasteiger partial charge on any atom is -0.478 e. The fourth-order valence-corrected chi connectivity index (χ4v) is 2.06. The van der Waals surface area contributed by atoms with Crippen LogP contribution in [0.15, 0.2) is 24.3 Å². The van der Waals surface area contributed by atoms with Crippen molar-refractivity contribution in [3.8, 4) is 0 Å². The largest absolute Gasteiger partial charge is 0.478 e. The van der Waals surface area contributed by atoms with Gasteiger partial charge in [-0.1, -0.05) is 13.0 Å². The van der Waals surface area contributed by atoms with E-state index in [0.717, 1.165) is 37.8 Å². The number of rotatable bonds is 8. The summed E-state index contributed by atoms with van der Waals surface area (Å²) in [4.78, 5) is 14.8. The molecule has 0 spiro atoms. The Morgan fingerprint density at radius 2 is 2.00 bits per heavy atom. The van der Waals surface area contributed by atoms with Gasteiger partial charge in [-0.05, 0) is 38.7 Å². The van der Waals surface area contributed by atoms with E-state index in [1.807, 2.05) is 20.2 Å². The van der Waals surface area contributed by atoms with Gasteiger partial charge in [0, 0.05) is 37.0 Å². The molecule has 0 radical (unpaired) electrons. The Labute approximate surface area is 125 Å². The van der Waals surface area contributed by atoms with E-state index in [-0.39, 0.29) is 0 Å². The van der Waals surface area contributed by atoms with Gasteiger partial charge in [-0.25, -0.2) is 9.18 Å². The molecule has 116 valence electrons. The Bertz CT molecular complexity index is 501. The van der Waals surface area contributed by atoms with Crippen molar-refractivity contribution in [1.29, 1.82) is 0 Å². The monoisotopic (exact) mass is 294 g/mol. The predicted octanol–water partition coefficient (Wildman–Crippen LogP) is 2.70. The minimum atomic E-state index is -1.08. The molecule has 1 aromatic rings. The Kier molecular flexibility index (Phi) is 6.88. The number of carboxylic acids is 1. The van der Waals surface area contributed by atoms with E-state index in [9.17, 15) is 9.18 Å². The number of likely N-dealkylation sites (N-methyl/N-ethyl adjacent to an activating group) is 1. The lowest BCUT2D eigenvalue weighted by Crippen LogP contribution is -2.32. The number of anilines is 1. The molecule has 0 heterocycles. The van der Waals surface area contributed by atoms with Crippen molar-refractivity contribution < 1.29 is 14.3 Å². The second kappa shape index (κ2) is 8.42. The number of benzene rings is 1. The van der Waals surface area contributed by atoms with Gasteiger partial charge in [0.15, 0.2) is 0 Å². The van der Waals surface area contributed by atoms with Crippen molar-refractivity contribution in [2.24, 2.45) is 0 Å². The molecule has 0 bridgehead atoms. The van der Waals surface area contributed by atoms with Gasteiger partial charge >= 0.3 is 5.97 Å². The molecule has 0 fully saturated rings. The highest BCUT2D eigenvalue weighted by molar-refractivity contribution is 5.87. The Morgan fingerprint density at radius 3 is 2.57 bits per heavy atom. The standard InChI is InChI=1S/C16H23FN2O2/c1-4-10-19(12-11-18(2)3)15-7-5-6-14(17)13(15)8-9-16(20)21/h5-9H,4,10-12H2,1-3H3,(H,20,21)/b9-8+. The fourth-order valence-electron chi connectivity index (χ4n) is 2.06. The Hall–Kier alpha value is -1.88. The van der Waals surface area contributed by atoms with E-state index in [1.54, 1.807) is 6.07 Å². The molecule has 21 heavy (non-hydrogen) atoms. The van der Waals surface area contributed by atoms with Crippen LogP contribution in [0.5, 0.6) is 0 Å². The zero-order chi connectivity index (χ0) is 15.8. The summed E-state index contributed by atoms with van der Waals surface area (Å²) in [5, 5.41) is 8.75. The van der Waals surface area contributed by atoms with Crippen LogP contribution in [-0.4, -0.2) is 49.7 Å². The first-order valence-corrected chi connectivity index (χ1v) is 7.05. The van der Waals surface area contributed by atoms with E-state index >= 15 is 0 Å². The molecule has 4 nitrogen and oxygen atoms in total. The van der Waals surface area contributed by atoms with Crippen LogP contribution in [0.3, 0.4) is 0 Å². The molecular weight excluding hydrogens is 271 g/mol. The molecular formula is C16H23FN2O2. The van der Waals surface area contributed by atoms with E-state index in [0.29, 0.717) is 5.56 Å². The van der Waals surface area contributed by atoms with E-state index < -0.39 is 11.8 Å². The molecule has 1 aromatic carbocycles. The number of carboxylic acid groups (broad SMARTS) is 1. The topological polar surface area (TPSA) is 43.8 Å². The van der Waals surface area contributed by atoms with Gasteiger partial charge in [0.25, 0.3) is 0 Å². The molecule has 0 aliphatic rings. The SMILES string of the molecule is CCCN(CCN(C)C)c1cccc(F)c1/C=C/C(=O)O. The fraction of sp³-hybridized carbons (Fsp3) is 0.438. The molecule has 1 N–H and O–H groups in total. The molecule has 0 amide bonds. The van der Waals surface area contributed by atoms with Crippen molar-refractivity contribution in [3.63, 3.8) is 0 Å². The number of halogens is 1. The third-order valence-corrected chi connectivity index (χ3v) is 3.07. The predicted molar refractivity (Wildman–Crippen MR) is 84.1 cm³/mol. The normalized spacial score (nSPS) is 11.3. The number of nitrogens with zero attached hydrogens (tertiary/aromatic N) is 2. The van der Waals surface area contributed by atoms with Gasteiger partial charge in [-0.2, -0.15) is 0 Å². The first-order chi connectivity index (χ1) is 9.95. The maximum absolute atomic E-state index is 14.0. The number of aliphatic carboxylic acids is 1. The Morgan fingerprint density at radius 1 is 1.29 bits per heavy atom. The van der Waals surface area contributed by atoms with Crippen molar-refractivity contribution in [2.75, 3.05) is 38.6 Å². The van der Waals surface area contributed by atoms with Crippen molar-refractivity contribution in [1.82, 2.24) is 4.90 Å². The molecule has 1 rings (SSSR count). The maximum atomic E-state index is 14.0. The van der Waals surface area contributed by atoms with Gasteiger partial charge in [0.2, 0.25) is 0 Å². The summed E-state index contributed by atoms with van der Waals surface area (Å²) < 4.78 is 14.0. The van der Waals surface area contributed by atoms with Crippen LogP contribution in [0, 0.1) is 5.82 Å². The minimum absolute atomic E-state index is 0.326. The lowest BCUT2D eigenvalue weighted by Gasteiger charge is -2.27. The maximum Gasteiger partial charge on any atom is 0.328 e. The summed E-state index contributed by atoms with van der Waals surface area (Å²) in [6.45, 7) is 4.47. The third kappa shape index (κ3) is 5.55. The number of carbonyl (C=O) groups is 1. The molecule has 0 aliphatic heterocycles. The average Bonchev–Trinajstić information content (AvgIpc) is 2.41. The van der Waals surface area contributed by atoms with Crippen molar-refractivity contribution >= 4 is 17.7 Å². The highest BCUT2D eigenvalue weighted by Crippen LogP contribution is 2.25. The Balaban J connectivity index is 3.11. The van der Waals surface area contributed by atoms with Crippen LogP contribution in [0.1, 0.15) is 18.9 Å². The van der Waals surface area contributed by atoms with E-state index in [2.05, 4.69) is 16.7 Å². The van der Waals surface area contributed by atoms with Gasteiger partial charge in [-0.3, -0.25) is 0 Å². The lowest BCUT2D eigenvalue weighted by atomic mass is 10.1. The van der Waals surface area contributed by atoms with Crippen LogP contribution in [0.25, 0.3) is 6.08 Å². The zero-order valence-corrected chi connectivity index (χ0v) is 12.8. The van der Waals surface area contributed by atoms with Crippen LogP contribution in [0.2, 0.25) is 0 Å². The summed E-state index contributed by atoms with van der Waals surface area (Å²) in [6, 6.07) is 4.83. The molecule has 0 aromatic heterocycles. The molecule has 0 atom stereocenters. The van der Waals surface area contributed by atoms with Crippen molar-refractivity contribution in [2.45, 2.75) is 13.3 Å². The summed E-state index contributed by atoms with van der Waals surface area (Å²) in [5.41, 5.74) is 1.06. The summed E-state index contributed by atoms with van der Waals surface area (Å²) >= 11 is 0. The average molecular weight is 294 g/mol. The second-order valence-corrected chi connectivity index (χ2v) is 5.13. The summed E-state index contributed by atoms with van der Waals surface area (Å²) in [5.74, 6) is -1.49. The quantitative estimate of drug-likeness (QED) is 0.749. The summed E-state index contributed by atoms with van der Waals surface area (Å²) in [7, 11) is 3.97. The van der Waals surface area contributed by atoms with E-state index in [1.165, 1.54) is 12.1 Å². The molecule has 5 heteroatoms. The molecule has 0 saturated carbocycles. The first-order valence-electron chi connectivity index (χ1n) is 7.05. The third-order valence-electron chi connectivity index (χ3n) is 3.07.